The van der Waals surface area contributed by atoms with Gasteiger partial charge in [0.25, 0.3) is 0 Å². The van der Waals surface area contributed by atoms with Crippen LogP contribution < -0.4 is 28.7 Å². The van der Waals surface area contributed by atoms with Gasteiger partial charge in [0.15, 0.2) is 0 Å². The maximum Gasteiger partial charge on any atom is 0.324 e. The van der Waals surface area contributed by atoms with Gasteiger partial charge in [0.1, 0.15) is 26.4 Å². The molecule has 4 fully saturated rings. The molecule has 2 saturated carbocycles. The van der Waals surface area contributed by atoms with Gasteiger partial charge in [-0.15, -0.1) is 9.97 Å². The number of nitrogens with zero attached hydrogens (tertiary/aromatic N) is 10. The van der Waals surface area contributed by atoms with Crippen LogP contribution in [0, 0.1) is 11.8 Å². The first-order valence-corrected chi connectivity index (χ1v) is 24.3. The molecule has 4 aliphatic rings. The average Bonchev–Trinajstić information content (AvgIpc) is 3.25. The van der Waals surface area contributed by atoms with Crippen LogP contribution in [-0.4, -0.2) is 127 Å². The maximum absolute atomic E-state index is 5.93. The van der Waals surface area contributed by atoms with E-state index in [-0.39, 0.29) is 58.3 Å². The highest BCUT2D eigenvalue weighted by molar-refractivity contribution is 5.39. The van der Waals surface area contributed by atoms with E-state index >= 15 is 0 Å². The minimum Gasteiger partial charge on any atom is -0.459 e. The van der Waals surface area contributed by atoms with Crippen molar-refractivity contribution in [1.82, 2.24) is 39.7 Å². The number of aromatic nitrogens is 6. The van der Waals surface area contributed by atoms with E-state index in [1.165, 1.54) is 32.1 Å². The van der Waals surface area contributed by atoms with E-state index in [4.69, 9.17) is 38.9 Å². The van der Waals surface area contributed by atoms with Crippen LogP contribution in [0.4, 0.5) is 11.9 Å². The van der Waals surface area contributed by atoms with Crippen molar-refractivity contribution in [3.05, 3.63) is 50.6 Å². The van der Waals surface area contributed by atoms with Gasteiger partial charge in [0, 0.05) is 46.3 Å². The number of likely N-dealkylation sites (tertiary alicyclic amines) is 2. The first-order valence-electron chi connectivity index (χ1n) is 24.3. The summed E-state index contributed by atoms with van der Waals surface area (Å²) in [5.74, 6) is 2.64. The summed E-state index contributed by atoms with van der Waals surface area (Å²) in [6, 6.07) is 2.09. The molecule has 14 nitrogen and oxygen atoms in total. The molecule has 360 valence electrons. The van der Waals surface area contributed by atoms with E-state index in [9.17, 15) is 0 Å². The molecule has 0 aromatic carbocycles. The van der Waals surface area contributed by atoms with Crippen molar-refractivity contribution < 1.29 is 18.9 Å². The molecule has 2 aliphatic heterocycles. The summed E-state index contributed by atoms with van der Waals surface area (Å²) in [6.45, 7) is 35.4. The molecule has 0 atom stereocenters. The Morgan fingerprint density at radius 3 is 0.954 bits per heavy atom. The van der Waals surface area contributed by atoms with E-state index < -0.39 is 0 Å². The van der Waals surface area contributed by atoms with Gasteiger partial charge < -0.3 is 28.7 Å². The summed E-state index contributed by atoms with van der Waals surface area (Å²) in [5, 5.41) is 0. The van der Waals surface area contributed by atoms with Crippen molar-refractivity contribution in [3.63, 3.8) is 0 Å². The number of rotatable bonds is 20. The molecule has 0 bridgehead atoms. The minimum absolute atomic E-state index is 0.0138. The van der Waals surface area contributed by atoms with Crippen LogP contribution in [0.2, 0.25) is 0 Å². The molecule has 6 rings (SSSR count). The highest BCUT2D eigenvalue weighted by Gasteiger charge is 2.49. The first-order chi connectivity index (χ1) is 30.8. The third kappa shape index (κ3) is 12.2. The van der Waals surface area contributed by atoms with Crippen LogP contribution in [0.25, 0.3) is 0 Å². The van der Waals surface area contributed by atoms with Crippen molar-refractivity contribution >= 4 is 11.9 Å². The van der Waals surface area contributed by atoms with Gasteiger partial charge >= 0.3 is 24.0 Å². The second-order valence-corrected chi connectivity index (χ2v) is 21.7. The number of piperidine rings is 2. The molecule has 2 saturated heterocycles. The SMILES string of the molecule is C=CCOc1nc(OCC=C)nc(N(C2CCC(CC3CCC(N(c4nc(OCC=C)nc(OCC=C)n4)C4CC(C)(C)N(C)C(C)(C)C4)CC3)CC2)C2CC(C)(C)N(C)C(C)(C)C2)n1. The van der Waals surface area contributed by atoms with Crippen molar-refractivity contribution in [1.29, 1.82) is 0 Å². The first kappa shape index (κ1) is 50.1. The van der Waals surface area contributed by atoms with Crippen LogP contribution in [0.1, 0.15) is 139 Å². The van der Waals surface area contributed by atoms with Gasteiger partial charge in [0.05, 0.1) is 0 Å². The Hall–Kier alpha value is -4.30. The minimum atomic E-state index is -0.0138. The van der Waals surface area contributed by atoms with Crippen LogP contribution in [0.5, 0.6) is 24.0 Å². The van der Waals surface area contributed by atoms with E-state index in [0.29, 0.717) is 62.2 Å². The van der Waals surface area contributed by atoms with Gasteiger partial charge in [-0.1, -0.05) is 50.6 Å². The van der Waals surface area contributed by atoms with Gasteiger partial charge in [-0.2, -0.15) is 19.9 Å². The van der Waals surface area contributed by atoms with Gasteiger partial charge in [0.2, 0.25) is 11.9 Å². The maximum atomic E-state index is 5.93. The summed E-state index contributed by atoms with van der Waals surface area (Å²) in [7, 11) is 4.52. The molecule has 0 radical (unpaired) electrons. The second-order valence-electron chi connectivity index (χ2n) is 21.7. The summed E-state index contributed by atoms with van der Waals surface area (Å²) < 4.78 is 23.7. The molecule has 4 heterocycles. The fraction of sp³-hybridized carbons (Fsp3) is 0.725. The molecule has 65 heavy (non-hydrogen) atoms. The summed E-state index contributed by atoms with van der Waals surface area (Å²) in [4.78, 5) is 39.0. The van der Waals surface area contributed by atoms with Crippen molar-refractivity contribution in [2.75, 3.05) is 50.3 Å². The predicted octanol–water partition coefficient (Wildman–Crippen LogP) is 9.44. The zero-order chi connectivity index (χ0) is 47.2. The van der Waals surface area contributed by atoms with E-state index in [1.807, 2.05) is 0 Å². The highest BCUT2D eigenvalue weighted by atomic mass is 16.5. The molecule has 14 heteroatoms. The monoisotopic (exact) mass is 899 g/mol. The number of anilines is 2. The second kappa shape index (κ2) is 21.1. The summed E-state index contributed by atoms with van der Waals surface area (Å²) in [5.41, 5.74) is -0.0552. The Morgan fingerprint density at radius 2 is 0.708 bits per heavy atom. The lowest BCUT2D eigenvalue weighted by atomic mass is 9.73. The zero-order valence-electron chi connectivity index (χ0n) is 41.7. The van der Waals surface area contributed by atoms with E-state index in [2.05, 4.69) is 125 Å². The average molecular weight is 899 g/mol. The van der Waals surface area contributed by atoms with Crippen LogP contribution >= 0.6 is 0 Å². The molecule has 2 aromatic heterocycles. The molecule has 2 aliphatic carbocycles. The molecular formula is C51H82N10O4. The Balaban J connectivity index is 1.19. The fourth-order valence-corrected chi connectivity index (χ4v) is 11.7. The molecular weight excluding hydrogens is 817 g/mol. The lowest BCUT2D eigenvalue weighted by Crippen LogP contribution is -2.64. The van der Waals surface area contributed by atoms with E-state index in [1.54, 1.807) is 24.3 Å². The van der Waals surface area contributed by atoms with Crippen molar-refractivity contribution in [3.8, 4) is 24.0 Å². The fourth-order valence-electron chi connectivity index (χ4n) is 11.7. The third-order valence-corrected chi connectivity index (χ3v) is 15.4. The number of ether oxygens (including phenoxy) is 4. The van der Waals surface area contributed by atoms with Gasteiger partial charge in [-0.25, -0.2) is 0 Å². The molecule has 2 aromatic rings. The smallest absolute Gasteiger partial charge is 0.324 e. The molecule has 0 unspecified atom stereocenters. The van der Waals surface area contributed by atoms with Gasteiger partial charge in [-0.3, -0.25) is 9.80 Å². The Labute approximate surface area is 391 Å². The highest BCUT2D eigenvalue weighted by Crippen LogP contribution is 2.46. The topological polar surface area (TPSA) is 127 Å². The molecule has 0 N–H and O–H groups in total. The molecule has 0 amide bonds. The molecule has 0 spiro atoms. The number of hydrogen-bond donors (Lipinski definition) is 0. The standard InChI is InChI=1S/C51H82N10O4/c1-15-27-62-44-52-42(53-45(56-44)63-28-16-2)60(40-32-48(5,6)58(13)49(7,8)33-40)38-23-19-36(20-24-38)31-37-21-25-39(26-22-37)61(41-34-50(9,10)59(14)51(11,12)35-41)43-54-46(64-29-17-3)57-47(55-43)65-30-18-4/h15-18,36-41H,1-4,19-35H2,5-14H3. The Morgan fingerprint density at radius 1 is 0.446 bits per heavy atom. The zero-order valence-corrected chi connectivity index (χ0v) is 41.7. The van der Waals surface area contributed by atoms with Crippen LogP contribution in [0.15, 0.2) is 50.6 Å². The van der Waals surface area contributed by atoms with Gasteiger partial charge in [-0.05, 0) is 165 Å². The van der Waals surface area contributed by atoms with Crippen LogP contribution in [0.3, 0.4) is 0 Å². The summed E-state index contributed by atoms with van der Waals surface area (Å²) in [6.07, 6.45) is 21.1. The quantitative estimate of drug-likeness (QED) is 0.117. The normalized spacial score (nSPS) is 25.8. The van der Waals surface area contributed by atoms with Crippen LogP contribution in [-0.2, 0) is 0 Å². The summed E-state index contributed by atoms with van der Waals surface area (Å²) >= 11 is 0. The third-order valence-electron chi connectivity index (χ3n) is 15.4. The predicted molar refractivity (Wildman–Crippen MR) is 261 cm³/mol. The van der Waals surface area contributed by atoms with Crippen molar-refractivity contribution in [2.45, 2.75) is 185 Å². The lowest BCUT2D eigenvalue weighted by molar-refractivity contribution is -0.0151. The largest absolute Gasteiger partial charge is 0.459 e. The van der Waals surface area contributed by atoms with Crippen molar-refractivity contribution in [2.24, 2.45) is 11.8 Å². The van der Waals surface area contributed by atoms with E-state index in [0.717, 1.165) is 51.4 Å². The Kier molecular flexibility index (Phi) is 16.3. The number of hydrogen-bond acceptors (Lipinski definition) is 14. The lowest BCUT2D eigenvalue weighted by Gasteiger charge is -2.57. The Bertz CT molecular complexity index is 1690.